The van der Waals surface area contributed by atoms with E-state index in [9.17, 15) is 0 Å². The summed E-state index contributed by atoms with van der Waals surface area (Å²) in [6, 6.07) is 13.5. The monoisotopic (exact) mass is 276 g/mol. The van der Waals surface area contributed by atoms with Crippen molar-refractivity contribution < 1.29 is 4.74 Å². The van der Waals surface area contributed by atoms with Crippen LogP contribution in [0.5, 0.6) is 5.75 Å². The Morgan fingerprint density at radius 1 is 1.21 bits per heavy atom. The molecule has 0 saturated carbocycles. The lowest BCUT2D eigenvalue weighted by Crippen LogP contribution is -2.06. The molecule has 0 fully saturated rings. The highest BCUT2D eigenvalue weighted by molar-refractivity contribution is 6.33. The van der Waals surface area contributed by atoms with Gasteiger partial charge in [0.05, 0.1) is 17.8 Å². The van der Waals surface area contributed by atoms with Crippen LogP contribution in [0.25, 0.3) is 0 Å². The average Bonchev–Trinajstić information content (AvgIpc) is 2.42. The Hall–Kier alpha value is -1.87. The summed E-state index contributed by atoms with van der Waals surface area (Å²) in [5, 5.41) is 3.94. The third-order valence-corrected chi connectivity index (χ3v) is 3.21. The van der Waals surface area contributed by atoms with Gasteiger partial charge in [-0.05, 0) is 36.2 Å². The van der Waals surface area contributed by atoms with Crippen LogP contribution in [-0.2, 0) is 6.42 Å². The Morgan fingerprint density at radius 3 is 2.74 bits per heavy atom. The van der Waals surface area contributed by atoms with E-state index in [0.29, 0.717) is 10.7 Å². The zero-order valence-corrected chi connectivity index (χ0v) is 11.6. The van der Waals surface area contributed by atoms with Crippen LogP contribution in [0, 0.1) is 0 Å². The summed E-state index contributed by atoms with van der Waals surface area (Å²) < 4.78 is 5.32. The number of ether oxygens (including phenoxy) is 1. The molecule has 100 valence electrons. The molecule has 0 saturated heterocycles. The fraction of sp³-hybridized carbons (Fsp3) is 0.200. The number of nitrogen functional groups attached to an aromatic ring is 1. The number of methoxy groups -OCH3 is 1. The second kappa shape index (κ2) is 6.34. The number of nitrogens with two attached hydrogens (primary N) is 1. The molecule has 0 spiro atoms. The van der Waals surface area contributed by atoms with E-state index in [4.69, 9.17) is 22.1 Å². The van der Waals surface area contributed by atoms with Gasteiger partial charge in [-0.2, -0.15) is 0 Å². The van der Waals surface area contributed by atoms with Crippen LogP contribution in [0.2, 0.25) is 5.02 Å². The lowest BCUT2D eigenvalue weighted by molar-refractivity contribution is 0.410. The molecular weight excluding hydrogens is 260 g/mol. The van der Waals surface area contributed by atoms with Crippen molar-refractivity contribution in [2.75, 3.05) is 24.7 Å². The zero-order valence-electron chi connectivity index (χ0n) is 10.8. The van der Waals surface area contributed by atoms with Gasteiger partial charge in [-0.3, -0.25) is 0 Å². The predicted molar refractivity (Wildman–Crippen MR) is 81.1 cm³/mol. The summed E-state index contributed by atoms with van der Waals surface area (Å²) in [4.78, 5) is 0. The molecule has 4 heteroatoms. The van der Waals surface area contributed by atoms with Gasteiger partial charge >= 0.3 is 0 Å². The topological polar surface area (TPSA) is 47.3 Å². The van der Waals surface area contributed by atoms with Crippen molar-refractivity contribution in [2.24, 2.45) is 0 Å². The molecule has 3 nitrogen and oxygen atoms in total. The van der Waals surface area contributed by atoms with Crippen LogP contribution < -0.4 is 15.8 Å². The molecule has 0 aromatic heterocycles. The summed E-state index contributed by atoms with van der Waals surface area (Å²) in [5.74, 6) is 0.910. The zero-order chi connectivity index (χ0) is 13.7. The van der Waals surface area contributed by atoms with E-state index < -0.39 is 0 Å². The molecule has 2 aromatic rings. The molecule has 0 aliphatic heterocycles. The predicted octanol–water partition coefficient (Wildman–Crippen LogP) is 3.59. The number of hydrogen-bond acceptors (Lipinski definition) is 3. The van der Waals surface area contributed by atoms with Crippen molar-refractivity contribution in [2.45, 2.75) is 6.42 Å². The van der Waals surface area contributed by atoms with Crippen LogP contribution >= 0.6 is 11.6 Å². The van der Waals surface area contributed by atoms with Gasteiger partial charge in [-0.15, -0.1) is 0 Å². The quantitative estimate of drug-likeness (QED) is 0.821. The summed E-state index contributed by atoms with van der Waals surface area (Å²) in [6.45, 7) is 0.782. The molecule has 0 heterocycles. The minimum absolute atomic E-state index is 0.639. The van der Waals surface area contributed by atoms with Crippen molar-refractivity contribution in [1.82, 2.24) is 0 Å². The van der Waals surface area contributed by atoms with Gasteiger partial charge in [-0.1, -0.05) is 29.8 Å². The van der Waals surface area contributed by atoms with Crippen LogP contribution in [-0.4, -0.2) is 13.7 Å². The Morgan fingerprint density at radius 2 is 2.00 bits per heavy atom. The first kappa shape index (κ1) is 13.6. The van der Waals surface area contributed by atoms with Gasteiger partial charge in [0.15, 0.2) is 0 Å². The molecule has 0 unspecified atom stereocenters. The summed E-state index contributed by atoms with van der Waals surface area (Å²) in [7, 11) is 1.68. The molecular formula is C15H17ClN2O. The van der Waals surface area contributed by atoms with E-state index in [1.165, 1.54) is 5.56 Å². The van der Waals surface area contributed by atoms with Gasteiger partial charge in [-0.25, -0.2) is 0 Å². The standard InChI is InChI=1S/C15H17ClN2O/c1-19-15-5-3-2-4-11(15)8-9-18-14-7-6-12(17)10-13(14)16/h2-7,10,18H,8-9,17H2,1H3. The van der Waals surface area contributed by atoms with E-state index >= 15 is 0 Å². The second-order valence-electron chi connectivity index (χ2n) is 4.23. The van der Waals surface area contributed by atoms with Gasteiger partial charge in [0.2, 0.25) is 0 Å². The fourth-order valence-electron chi connectivity index (χ4n) is 1.92. The fourth-order valence-corrected chi connectivity index (χ4v) is 2.17. The van der Waals surface area contributed by atoms with Gasteiger partial charge in [0.25, 0.3) is 0 Å². The number of anilines is 2. The van der Waals surface area contributed by atoms with E-state index in [1.807, 2.05) is 30.3 Å². The maximum atomic E-state index is 6.10. The molecule has 3 N–H and O–H groups in total. The first-order chi connectivity index (χ1) is 9.20. The molecule has 0 atom stereocenters. The van der Waals surface area contributed by atoms with Crippen LogP contribution in [0.1, 0.15) is 5.56 Å². The lowest BCUT2D eigenvalue weighted by Gasteiger charge is -2.11. The van der Waals surface area contributed by atoms with E-state index in [1.54, 1.807) is 13.2 Å². The molecule has 2 aromatic carbocycles. The molecule has 0 aliphatic rings. The van der Waals surface area contributed by atoms with E-state index in [2.05, 4.69) is 11.4 Å². The Bertz CT molecular complexity index is 558. The number of halogens is 1. The van der Waals surface area contributed by atoms with Crippen LogP contribution in [0.4, 0.5) is 11.4 Å². The third kappa shape index (κ3) is 3.55. The molecule has 0 bridgehead atoms. The Balaban J connectivity index is 1.96. The lowest BCUT2D eigenvalue weighted by atomic mass is 10.1. The summed E-state index contributed by atoms with van der Waals surface area (Å²) >= 11 is 6.10. The van der Waals surface area contributed by atoms with E-state index in [0.717, 1.165) is 24.4 Å². The van der Waals surface area contributed by atoms with E-state index in [-0.39, 0.29) is 0 Å². The van der Waals surface area contributed by atoms with Gasteiger partial charge < -0.3 is 15.8 Å². The second-order valence-corrected chi connectivity index (χ2v) is 4.64. The highest BCUT2D eigenvalue weighted by Crippen LogP contribution is 2.24. The van der Waals surface area contributed by atoms with Crippen molar-refractivity contribution >= 4 is 23.0 Å². The summed E-state index contributed by atoms with van der Waals surface area (Å²) in [6.07, 6.45) is 0.866. The van der Waals surface area contributed by atoms with Crippen LogP contribution in [0.3, 0.4) is 0 Å². The van der Waals surface area contributed by atoms with Gasteiger partial charge in [0.1, 0.15) is 5.75 Å². The van der Waals surface area contributed by atoms with Crippen LogP contribution in [0.15, 0.2) is 42.5 Å². The van der Waals surface area contributed by atoms with Gasteiger partial charge in [0, 0.05) is 12.2 Å². The highest BCUT2D eigenvalue weighted by atomic mass is 35.5. The molecule has 0 aliphatic carbocycles. The largest absolute Gasteiger partial charge is 0.496 e. The number of hydrogen-bond donors (Lipinski definition) is 2. The van der Waals surface area contributed by atoms with Crippen molar-refractivity contribution in [3.63, 3.8) is 0 Å². The maximum Gasteiger partial charge on any atom is 0.122 e. The number of rotatable bonds is 5. The Kier molecular flexibility index (Phi) is 4.53. The van der Waals surface area contributed by atoms with Crippen molar-refractivity contribution in [3.8, 4) is 5.75 Å². The third-order valence-electron chi connectivity index (χ3n) is 2.90. The Labute approximate surface area is 118 Å². The first-order valence-electron chi connectivity index (χ1n) is 6.11. The van der Waals surface area contributed by atoms with Crippen molar-refractivity contribution in [3.05, 3.63) is 53.1 Å². The number of para-hydroxylation sites is 1. The maximum absolute atomic E-state index is 6.10. The number of benzene rings is 2. The highest BCUT2D eigenvalue weighted by Gasteiger charge is 2.03. The molecule has 19 heavy (non-hydrogen) atoms. The minimum Gasteiger partial charge on any atom is -0.496 e. The molecule has 2 rings (SSSR count). The smallest absolute Gasteiger partial charge is 0.122 e. The van der Waals surface area contributed by atoms with Crippen molar-refractivity contribution in [1.29, 1.82) is 0 Å². The summed E-state index contributed by atoms with van der Waals surface area (Å²) in [5.41, 5.74) is 8.39. The first-order valence-corrected chi connectivity index (χ1v) is 6.49. The molecule has 0 radical (unpaired) electrons. The normalized spacial score (nSPS) is 10.2. The minimum atomic E-state index is 0.639. The molecule has 0 amide bonds. The average molecular weight is 277 g/mol. The number of nitrogens with one attached hydrogen (secondary N) is 1. The SMILES string of the molecule is COc1ccccc1CCNc1ccc(N)cc1Cl.